The zero-order valence-corrected chi connectivity index (χ0v) is 29.9. The van der Waals surface area contributed by atoms with Crippen molar-refractivity contribution in [2.75, 3.05) is 6.61 Å². The highest BCUT2D eigenvalue weighted by Gasteiger charge is 2.47. The van der Waals surface area contributed by atoms with Crippen LogP contribution < -0.4 is 5.32 Å². The molecule has 1 heterocycles. The lowest BCUT2D eigenvalue weighted by Gasteiger charge is -2.42. The van der Waals surface area contributed by atoms with Gasteiger partial charge in [0.25, 0.3) is 0 Å². The molecule has 1 aliphatic heterocycles. The Labute approximate surface area is 282 Å². The molecule has 0 aromatic rings. The van der Waals surface area contributed by atoms with Gasteiger partial charge >= 0.3 is 5.97 Å². The lowest BCUT2D eigenvalue weighted by molar-refractivity contribution is -0.258. The molecule has 1 fully saturated rings. The molecule has 46 heavy (non-hydrogen) atoms. The van der Waals surface area contributed by atoms with Gasteiger partial charge in [-0.15, -0.1) is 0 Å². The van der Waals surface area contributed by atoms with Gasteiger partial charge < -0.3 is 30.1 Å². The Balaban J connectivity index is 2.25. The van der Waals surface area contributed by atoms with Gasteiger partial charge in [-0.1, -0.05) is 168 Å². The molecule has 1 saturated heterocycles. The third-order valence-electron chi connectivity index (χ3n) is 9.46. The van der Waals surface area contributed by atoms with Gasteiger partial charge in [-0.05, 0) is 12.8 Å². The standard InChI is InChI=1S/C38H73NO7/c1-3-5-7-9-11-13-15-17-19-21-23-25-27-29-33(41)39-35-37(36(43)32(31-40)45-38(35)44)46-34(42)30-28-26-24-22-20-18-16-14-12-10-8-6-4-2/h32,35-38,40,43-44H,3-31H2,1-2H3,(H,39,41)/t32-,35-,36-,37-,38-/m1/s1. The van der Waals surface area contributed by atoms with Gasteiger partial charge in [0, 0.05) is 12.8 Å². The summed E-state index contributed by atoms with van der Waals surface area (Å²) in [5.41, 5.74) is 0. The van der Waals surface area contributed by atoms with Gasteiger partial charge in [-0.3, -0.25) is 9.59 Å². The summed E-state index contributed by atoms with van der Waals surface area (Å²) in [5.74, 6) is -0.753. The number of unbranched alkanes of at least 4 members (excludes halogenated alkanes) is 24. The van der Waals surface area contributed by atoms with Crippen LogP contribution in [0.4, 0.5) is 0 Å². The lowest BCUT2D eigenvalue weighted by atomic mass is 9.96. The average molecular weight is 656 g/mol. The van der Waals surface area contributed by atoms with Crippen LogP contribution in [0.15, 0.2) is 0 Å². The minimum absolute atomic E-state index is 0.210. The van der Waals surface area contributed by atoms with E-state index < -0.39 is 43.2 Å². The van der Waals surface area contributed by atoms with Gasteiger partial charge in [0.15, 0.2) is 12.4 Å². The van der Waals surface area contributed by atoms with Crippen LogP contribution in [-0.4, -0.2) is 64.4 Å². The Morgan fingerprint density at radius 1 is 0.587 bits per heavy atom. The van der Waals surface area contributed by atoms with E-state index >= 15 is 0 Å². The third-order valence-corrected chi connectivity index (χ3v) is 9.46. The van der Waals surface area contributed by atoms with E-state index in [4.69, 9.17) is 9.47 Å². The van der Waals surface area contributed by atoms with Crippen molar-refractivity contribution in [3.63, 3.8) is 0 Å². The molecule has 1 rings (SSSR count). The van der Waals surface area contributed by atoms with Crippen LogP contribution >= 0.6 is 0 Å². The fourth-order valence-corrected chi connectivity index (χ4v) is 6.44. The molecule has 4 N–H and O–H groups in total. The Morgan fingerprint density at radius 3 is 1.35 bits per heavy atom. The zero-order chi connectivity index (χ0) is 33.7. The van der Waals surface area contributed by atoms with Crippen LogP contribution in [0, 0.1) is 0 Å². The fraction of sp³-hybridized carbons (Fsp3) is 0.947. The summed E-state index contributed by atoms with van der Waals surface area (Å²) in [4.78, 5) is 25.4. The number of amides is 1. The van der Waals surface area contributed by atoms with Crippen molar-refractivity contribution in [3.05, 3.63) is 0 Å². The molecule has 1 amide bonds. The van der Waals surface area contributed by atoms with Crippen LogP contribution in [0.1, 0.15) is 194 Å². The number of esters is 1. The second-order valence-electron chi connectivity index (χ2n) is 13.8. The predicted octanol–water partition coefficient (Wildman–Crippen LogP) is 8.42. The number of carbonyl (C=O) groups excluding carboxylic acids is 2. The zero-order valence-electron chi connectivity index (χ0n) is 29.9. The van der Waals surface area contributed by atoms with E-state index in [2.05, 4.69) is 19.2 Å². The molecule has 0 radical (unpaired) electrons. The summed E-state index contributed by atoms with van der Waals surface area (Å²) in [6.45, 7) is 3.96. The van der Waals surface area contributed by atoms with Crippen molar-refractivity contribution in [3.8, 4) is 0 Å². The minimum atomic E-state index is -1.50. The van der Waals surface area contributed by atoms with Crippen molar-refractivity contribution in [1.82, 2.24) is 5.32 Å². The number of carbonyl (C=O) groups is 2. The molecule has 8 heteroatoms. The molecule has 0 saturated carbocycles. The molecule has 5 atom stereocenters. The number of aliphatic hydroxyl groups is 3. The van der Waals surface area contributed by atoms with Crippen molar-refractivity contribution in [2.45, 2.75) is 224 Å². The molecule has 1 aliphatic rings. The number of nitrogens with one attached hydrogen (secondary N) is 1. The second kappa shape index (κ2) is 29.9. The summed E-state index contributed by atoms with van der Waals surface area (Å²) in [6, 6.07) is -1.09. The van der Waals surface area contributed by atoms with E-state index in [-0.39, 0.29) is 12.3 Å². The summed E-state index contributed by atoms with van der Waals surface area (Å²) in [6.07, 6.45) is 27.0. The van der Waals surface area contributed by atoms with Crippen LogP contribution in [0.5, 0.6) is 0 Å². The Morgan fingerprint density at radius 2 is 0.957 bits per heavy atom. The van der Waals surface area contributed by atoms with Crippen molar-refractivity contribution >= 4 is 11.9 Å². The minimum Gasteiger partial charge on any atom is -0.457 e. The molecule has 0 aliphatic carbocycles. The number of rotatable bonds is 31. The number of hydrogen-bond donors (Lipinski definition) is 4. The predicted molar refractivity (Wildman–Crippen MR) is 186 cm³/mol. The lowest BCUT2D eigenvalue weighted by Crippen LogP contribution is -2.65. The van der Waals surface area contributed by atoms with Crippen molar-refractivity contribution in [1.29, 1.82) is 0 Å². The molecule has 0 spiro atoms. The normalized spacial score (nSPS) is 21.4. The Hall–Kier alpha value is -1.22. The van der Waals surface area contributed by atoms with Crippen LogP contribution in [0.2, 0.25) is 0 Å². The maximum absolute atomic E-state index is 12.7. The van der Waals surface area contributed by atoms with Crippen molar-refractivity contribution in [2.24, 2.45) is 0 Å². The van der Waals surface area contributed by atoms with Crippen LogP contribution in [-0.2, 0) is 19.1 Å². The first-order valence-electron chi connectivity index (χ1n) is 19.6. The van der Waals surface area contributed by atoms with Crippen LogP contribution in [0.3, 0.4) is 0 Å². The summed E-state index contributed by atoms with van der Waals surface area (Å²) in [7, 11) is 0. The number of ether oxygens (including phenoxy) is 2. The fourth-order valence-electron chi connectivity index (χ4n) is 6.44. The van der Waals surface area contributed by atoms with E-state index in [1.807, 2.05) is 0 Å². The first kappa shape index (κ1) is 42.8. The largest absolute Gasteiger partial charge is 0.457 e. The number of hydrogen-bond acceptors (Lipinski definition) is 7. The molecular formula is C38H73NO7. The Kier molecular flexibility index (Phi) is 27.8. The van der Waals surface area contributed by atoms with Crippen LogP contribution in [0.25, 0.3) is 0 Å². The van der Waals surface area contributed by atoms with Gasteiger partial charge in [-0.25, -0.2) is 0 Å². The monoisotopic (exact) mass is 656 g/mol. The topological polar surface area (TPSA) is 125 Å². The maximum atomic E-state index is 12.7. The molecule has 0 aromatic heterocycles. The van der Waals surface area contributed by atoms with Gasteiger partial charge in [-0.2, -0.15) is 0 Å². The first-order valence-corrected chi connectivity index (χ1v) is 19.6. The quantitative estimate of drug-likeness (QED) is 0.0436. The third kappa shape index (κ3) is 21.6. The van der Waals surface area contributed by atoms with Gasteiger partial charge in [0.2, 0.25) is 5.91 Å². The second-order valence-corrected chi connectivity index (χ2v) is 13.8. The smallest absolute Gasteiger partial charge is 0.306 e. The SMILES string of the molecule is CCCCCCCCCCCCCCCC(=O)N[C@@H]1[C@@H](OC(=O)CCCCCCCCCCCCCCC)[C@H](O)[C@@H](CO)O[C@H]1O. The summed E-state index contributed by atoms with van der Waals surface area (Å²) < 4.78 is 10.9. The number of aliphatic hydroxyl groups excluding tert-OH is 3. The van der Waals surface area contributed by atoms with E-state index in [0.717, 1.165) is 32.1 Å². The molecule has 272 valence electrons. The molecular weight excluding hydrogens is 582 g/mol. The van der Waals surface area contributed by atoms with E-state index in [1.165, 1.54) is 128 Å². The molecule has 0 unspecified atom stereocenters. The Bertz CT molecular complexity index is 721. The highest BCUT2D eigenvalue weighted by Crippen LogP contribution is 2.24. The summed E-state index contributed by atoms with van der Waals surface area (Å²) >= 11 is 0. The van der Waals surface area contributed by atoms with Gasteiger partial charge in [0.1, 0.15) is 18.2 Å². The van der Waals surface area contributed by atoms with Crippen molar-refractivity contribution < 1.29 is 34.4 Å². The van der Waals surface area contributed by atoms with E-state index in [1.54, 1.807) is 0 Å². The summed E-state index contributed by atoms with van der Waals surface area (Å²) in [5, 5.41) is 33.6. The molecule has 0 aromatic carbocycles. The maximum Gasteiger partial charge on any atom is 0.306 e. The highest BCUT2D eigenvalue weighted by atomic mass is 16.6. The van der Waals surface area contributed by atoms with E-state index in [0.29, 0.717) is 12.8 Å². The van der Waals surface area contributed by atoms with Gasteiger partial charge in [0.05, 0.1) is 6.61 Å². The molecule has 8 nitrogen and oxygen atoms in total. The first-order chi connectivity index (χ1) is 22.4. The average Bonchev–Trinajstić information content (AvgIpc) is 3.04. The highest BCUT2D eigenvalue weighted by molar-refractivity contribution is 5.76. The molecule has 0 bridgehead atoms. The van der Waals surface area contributed by atoms with E-state index in [9.17, 15) is 24.9 Å².